The van der Waals surface area contributed by atoms with Gasteiger partial charge in [0.05, 0.1) is 16.7 Å². The maximum absolute atomic E-state index is 12.2. The molecule has 1 aromatic heterocycles. The molecule has 1 N–H and O–H groups in total. The third kappa shape index (κ3) is 5.30. The largest absolute Gasteiger partial charge is 0.468 e. The number of hydrogen-bond donors (Lipinski definition) is 2. The van der Waals surface area contributed by atoms with Gasteiger partial charge >= 0.3 is 5.97 Å². The van der Waals surface area contributed by atoms with E-state index in [9.17, 15) is 9.59 Å². The zero-order valence-electron chi connectivity index (χ0n) is 13.8. The Morgan fingerprint density at radius 2 is 2.00 bits per heavy atom. The fraction of sp³-hybridized carbons (Fsp3) is 0.312. The number of rotatable bonds is 8. The van der Waals surface area contributed by atoms with Crippen LogP contribution < -0.4 is 10.1 Å². The second kappa shape index (κ2) is 9.70. The minimum atomic E-state index is -0.853. The summed E-state index contributed by atoms with van der Waals surface area (Å²) in [6.07, 6.45) is 1.56. The Kier molecular flexibility index (Phi) is 7.62. The normalized spacial score (nSPS) is 11.7. The fourth-order valence-corrected chi connectivity index (χ4v) is 2.71. The van der Waals surface area contributed by atoms with Gasteiger partial charge in [0.15, 0.2) is 12.5 Å². The number of carbonyl (C=O) groups excluding carboxylic acids is 2. The van der Waals surface area contributed by atoms with Crippen LogP contribution >= 0.6 is 35.8 Å². The Hall–Kier alpha value is -1.90. The van der Waals surface area contributed by atoms with Gasteiger partial charge in [-0.2, -0.15) is 17.7 Å². The molecule has 2 aromatic rings. The predicted octanol–water partition coefficient (Wildman–Crippen LogP) is 2.82. The third-order valence-electron chi connectivity index (χ3n) is 3.19. The van der Waals surface area contributed by atoms with E-state index >= 15 is 0 Å². The summed E-state index contributed by atoms with van der Waals surface area (Å²) in [6, 6.07) is 5.65. The number of halogens is 2. The van der Waals surface area contributed by atoms with Gasteiger partial charge in [0, 0.05) is 11.9 Å². The number of thiol groups is 1. The lowest BCUT2D eigenvalue weighted by atomic mass is 10.3. The smallest absolute Gasteiger partial charge is 0.329 e. The van der Waals surface area contributed by atoms with Crippen molar-refractivity contribution in [3.63, 3.8) is 0 Å². The van der Waals surface area contributed by atoms with Crippen molar-refractivity contribution < 1.29 is 19.1 Å². The number of aromatic nitrogens is 2. The summed E-state index contributed by atoms with van der Waals surface area (Å²) in [5, 5.41) is 7.36. The predicted molar refractivity (Wildman–Crippen MR) is 101 cm³/mol. The van der Waals surface area contributed by atoms with Crippen LogP contribution in [0.2, 0.25) is 10.0 Å². The molecule has 0 aliphatic rings. The Morgan fingerprint density at radius 3 is 2.62 bits per heavy atom. The van der Waals surface area contributed by atoms with E-state index in [1.165, 1.54) is 10.7 Å². The number of hydrogen-bond acceptors (Lipinski definition) is 6. The van der Waals surface area contributed by atoms with Gasteiger partial charge in [0.2, 0.25) is 0 Å². The molecular weight excluding hydrogens is 401 g/mol. The SMILES string of the molecule is CCOC(=O)[C@H](CS)NC(=O)c1ccn(COc2c(Cl)cccc2Cl)n1. The van der Waals surface area contributed by atoms with Crippen LogP contribution in [0.25, 0.3) is 0 Å². The molecule has 0 bridgehead atoms. The van der Waals surface area contributed by atoms with Crippen molar-refractivity contribution >= 4 is 47.7 Å². The van der Waals surface area contributed by atoms with Crippen LogP contribution in [-0.2, 0) is 16.3 Å². The molecule has 26 heavy (non-hydrogen) atoms. The van der Waals surface area contributed by atoms with Crippen molar-refractivity contribution in [3.8, 4) is 5.75 Å². The molecule has 1 heterocycles. The molecular formula is C16H17Cl2N3O4S. The molecule has 0 spiro atoms. The van der Waals surface area contributed by atoms with Gasteiger partial charge in [0.1, 0.15) is 11.7 Å². The summed E-state index contributed by atoms with van der Waals surface area (Å²) in [6.45, 7) is 1.91. The average Bonchev–Trinajstić information content (AvgIpc) is 3.08. The molecule has 0 aliphatic carbocycles. The van der Waals surface area contributed by atoms with Crippen molar-refractivity contribution in [2.75, 3.05) is 12.4 Å². The number of nitrogens with one attached hydrogen (secondary N) is 1. The van der Waals surface area contributed by atoms with Crippen LogP contribution in [0.1, 0.15) is 17.4 Å². The van der Waals surface area contributed by atoms with Crippen molar-refractivity contribution in [2.24, 2.45) is 0 Å². The van der Waals surface area contributed by atoms with Crippen LogP contribution in [0.15, 0.2) is 30.5 Å². The van der Waals surface area contributed by atoms with E-state index in [2.05, 4.69) is 23.0 Å². The standard InChI is InChI=1S/C16H17Cl2N3O4S/c1-2-24-16(23)13(8-26)19-15(22)12-6-7-21(20-12)9-25-14-10(17)4-3-5-11(14)18/h3-7,13,26H,2,8-9H2,1H3,(H,19,22)/t13-/m0/s1. The summed E-state index contributed by atoms with van der Waals surface area (Å²) in [5.74, 6) is -0.632. The Labute approximate surface area is 166 Å². The van der Waals surface area contributed by atoms with Crippen LogP contribution in [0.3, 0.4) is 0 Å². The molecule has 0 saturated heterocycles. The molecule has 0 unspecified atom stereocenters. The van der Waals surface area contributed by atoms with Gasteiger partial charge in [-0.1, -0.05) is 29.3 Å². The van der Waals surface area contributed by atoms with E-state index in [0.717, 1.165) is 0 Å². The lowest BCUT2D eigenvalue weighted by Crippen LogP contribution is -2.43. The van der Waals surface area contributed by atoms with Crippen LogP contribution in [-0.4, -0.2) is 40.1 Å². The van der Waals surface area contributed by atoms with E-state index in [0.29, 0.717) is 15.8 Å². The summed E-state index contributed by atoms with van der Waals surface area (Å²) >= 11 is 16.1. The van der Waals surface area contributed by atoms with E-state index in [1.54, 1.807) is 31.3 Å². The second-order valence-corrected chi connectivity index (χ2v) is 6.20. The van der Waals surface area contributed by atoms with Crippen LogP contribution in [0.5, 0.6) is 5.75 Å². The minimum absolute atomic E-state index is 0.00457. The van der Waals surface area contributed by atoms with Crippen LogP contribution in [0.4, 0.5) is 0 Å². The molecule has 140 valence electrons. The lowest BCUT2D eigenvalue weighted by molar-refractivity contribution is -0.144. The van der Waals surface area contributed by atoms with E-state index in [1.807, 2.05) is 0 Å². The van der Waals surface area contributed by atoms with Gasteiger partial charge in [-0.15, -0.1) is 0 Å². The highest BCUT2D eigenvalue weighted by molar-refractivity contribution is 7.80. The monoisotopic (exact) mass is 417 g/mol. The molecule has 1 aromatic carbocycles. The highest BCUT2D eigenvalue weighted by atomic mass is 35.5. The first-order chi connectivity index (χ1) is 12.5. The molecule has 0 fully saturated rings. The first kappa shape index (κ1) is 20.4. The second-order valence-electron chi connectivity index (χ2n) is 5.03. The highest BCUT2D eigenvalue weighted by Gasteiger charge is 2.22. The zero-order valence-corrected chi connectivity index (χ0v) is 16.2. The summed E-state index contributed by atoms with van der Waals surface area (Å²) in [5.41, 5.74) is 0.120. The van der Waals surface area contributed by atoms with Crippen molar-refractivity contribution in [1.82, 2.24) is 15.1 Å². The molecule has 1 amide bonds. The number of para-hydroxylation sites is 1. The maximum atomic E-state index is 12.2. The van der Waals surface area contributed by atoms with E-state index < -0.39 is 17.9 Å². The number of amides is 1. The number of ether oxygens (including phenoxy) is 2. The number of nitrogens with zero attached hydrogens (tertiary/aromatic N) is 2. The maximum Gasteiger partial charge on any atom is 0.329 e. The number of carbonyl (C=O) groups is 2. The van der Waals surface area contributed by atoms with Crippen molar-refractivity contribution in [2.45, 2.75) is 19.7 Å². The molecule has 1 atom stereocenters. The topological polar surface area (TPSA) is 82.5 Å². The van der Waals surface area contributed by atoms with Gasteiger partial charge in [-0.25, -0.2) is 9.48 Å². The summed E-state index contributed by atoms with van der Waals surface area (Å²) in [7, 11) is 0. The Bertz CT molecular complexity index is 764. The van der Waals surface area contributed by atoms with E-state index in [-0.39, 0.29) is 24.8 Å². The molecule has 2 rings (SSSR count). The van der Waals surface area contributed by atoms with Gasteiger partial charge in [0.25, 0.3) is 5.91 Å². The third-order valence-corrected chi connectivity index (χ3v) is 4.15. The first-order valence-electron chi connectivity index (χ1n) is 7.64. The Balaban J connectivity index is 1.98. The number of benzene rings is 1. The minimum Gasteiger partial charge on any atom is -0.468 e. The lowest BCUT2D eigenvalue weighted by Gasteiger charge is -2.14. The average molecular weight is 418 g/mol. The molecule has 0 radical (unpaired) electrons. The quantitative estimate of drug-likeness (QED) is 0.509. The first-order valence-corrected chi connectivity index (χ1v) is 9.03. The molecule has 0 aliphatic heterocycles. The molecule has 7 nitrogen and oxygen atoms in total. The van der Waals surface area contributed by atoms with Crippen molar-refractivity contribution in [1.29, 1.82) is 0 Å². The fourth-order valence-electron chi connectivity index (χ4n) is 1.96. The van der Waals surface area contributed by atoms with Crippen LogP contribution in [0, 0.1) is 0 Å². The highest BCUT2D eigenvalue weighted by Crippen LogP contribution is 2.32. The van der Waals surface area contributed by atoms with Gasteiger partial charge in [-0.05, 0) is 25.1 Å². The Morgan fingerprint density at radius 1 is 1.31 bits per heavy atom. The zero-order chi connectivity index (χ0) is 19.1. The summed E-state index contributed by atoms with van der Waals surface area (Å²) < 4.78 is 11.8. The molecule has 0 saturated carbocycles. The van der Waals surface area contributed by atoms with Crippen molar-refractivity contribution in [3.05, 3.63) is 46.2 Å². The van der Waals surface area contributed by atoms with Gasteiger partial charge in [-0.3, -0.25) is 4.79 Å². The van der Waals surface area contributed by atoms with E-state index in [4.69, 9.17) is 32.7 Å². The summed E-state index contributed by atoms with van der Waals surface area (Å²) in [4.78, 5) is 23.9. The number of esters is 1. The van der Waals surface area contributed by atoms with Gasteiger partial charge < -0.3 is 14.8 Å². The molecule has 10 heteroatoms.